The predicted molar refractivity (Wildman–Crippen MR) is 64.5 cm³/mol. The van der Waals surface area contributed by atoms with Crippen molar-refractivity contribution in [1.82, 2.24) is 10.6 Å². The molecule has 7 heteroatoms. The summed E-state index contributed by atoms with van der Waals surface area (Å²) in [4.78, 5) is 11.6. The number of hydrogen-bond acceptors (Lipinski definition) is 3. The Morgan fingerprint density at radius 2 is 2.16 bits per heavy atom. The lowest BCUT2D eigenvalue weighted by atomic mass is 9.77. The average molecular weight is 282 g/mol. The summed E-state index contributed by atoms with van der Waals surface area (Å²) in [6.07, 6.45) is -1.05. The van der Waals surface area contributed by atoms with Gasteiger partial charge < -0.3 is 15.7 Å². The van der Waals surface area contributed by atoms with Crippen LogP contribution in [0.4, 0.5) is 13.2 Å². The van der Waals surface area contributed by atoms with Crippen LogP contribution >= 0.6 is 0 Å². The number of aliphatic hydroxyl groups is 1. The van der Waals surface area contributed by atoms with Crippen LogP contribution in [-0.2, 0) is 4.79 Å². The molecule has 1 amide bonds. The van der Waals surface area contributed by atoms with Gasteiger partial charge in [0, 0.05) is 0 Å². The highest BCUT2D eigenvalue weighted by Crippen LogP contribution is 2.31. The summed E-state index contributed by atoms with van der Waals surface area (Å²) in [6.45, 7) is 0.276. The minimum absolute atomic E-state index is 0.178. The third-order valence-corrected chi connectivity index (χ3v) is 3.41. The second-order valence-electron chi connectivity index (χ2n) is 5.41. The molecular formula is C12H21F3N2O2. The maximum atomic E-state index is 11.9. The first-order chi connectivity index (χ1) is 8.76. The number of carbonyl (C=O) groups is 1. The van der Waals surface area contributed by atoms with Gasteiger partial charge in [-0.05, 0) is 18.8 Å². The number of halogens is 3. The number of amides is 1. The second-order valence-corrected chi connectivity index (χ2v) is 5.41. The molecule has 0 saturated heterocycles. The van der Waals surface area contributed by atoms with E-state index in [1.54, 1.807) is 0 Å². The number of nitrogens with one attached hydrogen (secondary N) is 2. The SMILES string of the molecule is CC1CCCC(CO)(NC(=O)CNCC(F)(F)F)C1. The molecule has 19 heavy (non-hydrogen) atoms. The molecule has 0 aliphatic heterocycles. The lowest BCUT2D eigenvalue weighted by Gasteiger charge is -2.39. The minimum Gasteiger partial charge on any atom is -0.394 e. The Hall–Kier alpha value is -0.820. The summed E-state index contributed by atoms with van der Waals surface area (Å²) in [6, 6.07) is 0. The lowest BCUT2D eigenvalue weighted by molar-refractivity contribution is -0.129. The van der Waals surface area contributed by atoms with Gasteiger partial charge in [-0.25, -0.2) is 0 Å². The van der Waals surface area contributed by atoms with Gasteiger partial charge in [0.15, 0.2) is 0 Å². The first-order valence-corrected chi connectivity index (χ1v) is 6.46. The van der Waals surface area contributed by atoms with Crippen LogP contribution in [0.3, 0.4) is 0 Å². The minimum atomic E-state index is -4.33. The third-order valence-electron chi connectivity index (χ3n) is 3.41. The van der Waals surface area contributed by atoms with Crippen LogP contribution in [0.25, 0.3) is 0 Å². The summed E-state index contributed by atoms with van der Waals surface area (Å²) < 4.78 is 35.8. The highest BCUT2D eigenvalue weighted by Gasteiger charge is 2.35. The topological polar surface area (TPSA) is 61.4 Å². The zero-order chi connectivity index (χ0) is 14.5. The molecule has 0 bridgehead atoms. The smallest absolute Gasteiger partial charge is 0.394 e. The van der Waals surface area contributed by atoms with E-state index in [0.29, 0.717) is 18.8 Å². The number of carbonyl (C=O) groups excluding carboxylic acids is 1. The molecular weight excluding hydrogens is 261 g/mol. The summed E-state index contributed by atoms with van der Waals surface area (Å²) in [5.41, 5.74) is -0.672. The van der Waals surface area contributed by atoms with Gasteiger partial charge in [-0.1, -0.05) is 19.8 Å². The molecule has 1 aliphatic carbocycles. The Balaban J connectivity index is 2.40. The monoisotopic (exact) mass is 282 g/mol. The van der Waals surface area contributed by atoms with Crippen LogP contribution in [-0.4, -0.2) is 42.4 Å². The number of aliphatic hydroxyl groups excluding tert-OH is 1. The van der Waals surface area contributed by atoms with Gasteiger partial charge in [0.1, 0.15) is 0 Å². The van der Waals surface area contributed by atoms with Crippen LogP contribution in [0.2, 0.25) is 0 Å². The summed E-state index contributed by atoms with van der Waals surface area (Å²) in [5.74, 6) is -0.114. The highest BCUT2D eigenvalue weighted by atomic mass is 19.4. The van der Waals surface area contributed by atoms with E-state index in [-0.39, 0.29) is 6.61 Å². The van der Waals surface area contributed by atoms with E-state index in [2.05, 4.69) is 5.32 Å². The largest absolute Gasteiger partial charge is 0.401 e. The molecule has 0 aromatic rings. The normalized spacial score (nSPS) is 28.2. The molecule has 112 valence electrons. The Kier molecular flexibility index (Phi) is 5.61. The fourth-order valence-electron chi connectivity index (χ4n) is 2.61. The quantitative estimate of drug-likeness (QED) is 0.710. The number of rotatable bonds is 5. The fourth-order valence-corrected chi connectivity index (χ4v) is 2.61. The summed E-state index contributed by atoms with van der Waals surface area (Å²) in [7, 11) is 0. The number of alkyl halides is 3. The van der Waals surface area contributed by atoms with Crippen molar-refractivity contribution in [3.8, 4) is 0 Å². The van der Waals surface area contributed by atoms with E-state index < -0.39 is 30.7 Å². The molecule has 0 radical (unpaired) electrons. The molecule has 4 nitrogen and oxygen atoms in total. The molecule has 2 atom stereocenters. The molecule has 0 aromatic heterocycles. The van der Waals surface area contributed by atoms with E-state index in [0.717, 1.165) is 12.8 Å². The van der Waals surface area contributed by atoms with Crippen molar-refractivity contribution in [2.45, 2.75) is 44.3 Å². The van der Waals surface area contributed by atoms with Gasteiger partial charge in [0.2, 0.25) is 5.91 Å². The van der Waals surface area contributed by atoms with Crippen molar-refractivity contribution in [2.24, 2.45) is 5.92 Å². The lowest BCUT2D eigenvalue weighted by Crippen LogP contribution is -2.55. The number of hydrogen-bond donors (Lipinski definition) is 3. The average Bonchev–Trinajstić information content (AvgIpc) is 2.27. The van der Waals surface area contributed by atoms with E-state index in [1.165, 1.54) is 0 Å². The van der Waals surface area contributed by atoms with Crippen molar-refractivity contribution in [3.05, 3.63) is 0 Å². The Morgan fingerprint density at radius 3 is 2.68 bits per heavy atom. The molecule has 1 saturated carbocycles. The van der Waals surface area contributed by atoms with Crippen molar-refractivity contribution in [1.29, 1.82) is 0 Å². The van der Waals surface area contributed by atoms with E-state index in [4.69, 9.17) is 0 Å². The van der Waals surface area contributed by atoms with Crippen LogP contribution in [0.15, 0.2) is 0 Å². The maximum Gasteiger partial charge on any atom is 0.401 e. The fraction of sp³-hybridized carbons (Fsp3) is 0.917. The van der Waals surface area contributed by atoms with Gasteiger partial charge in [-0.2, -0.15) is 13.2 Å². The molecule has 3 N–H and O–H groups in total. The van der Waals surface area contributed by atoms with Crippen LogP contribution in [0.1, 0.15) is 32.6 Å². The van der Waals surface area contributed by atoms with Gasteiger partial charge in [0.05, 0.1) is 25.2 Å². The molecule has 2 unspecified atom stereocenters. The molecule has 1 fully saturated rings. The second kappa shape index (κ2) is 6.56. The van der Waals surface area contributed by atoms with Gasteiger partial charge >= 0.3 is 6.18 Å². The first kappa shape index (κ1) is 16.2. The van der Waals surface area contributed by atoms with Crippen LogP contribution < -0.4 is 10.6 Å². The van der Waals surface area contributed by atoms with Crippen LogP contribution in [0, 0.1) is 5.92 Å². The summed E-state index contributed by atoms with van der Waals surface area (Å²) >= 11 is 0. The predicted octanol–water partition coefficient (Wildman–Crippen LogP) is 1.20. The molecule has 0 aromatic carbocycles. The van der Waals surface area contributed by atoms with Gasteiger partial charge in [0.25, 0.3) is 0 Å². The zero-order valence-corrected chi connectivity index (χ0v) is 11.0. The summed E-state index contributed by atoms with van der Waals surface area (Å²) in [5, 5.41) is 14.2. The Bertz CT molecular complexity index is 310. The van der Waals surface area contributed by atoms with Gasteiger partial charge in [-0.15, -0.1) is 0 Å². The molecule has 0 heterocycles. The maximum absolute atomic E-state index is 11.9. The van der Waals surface area contributed by atoms with Crippen molar-refractivity contribution in [2.75, 3.05) is 19.7 Å². The first-order valence-electron chi connectivity index (χ1n) is 6.46. The Morgan fingerprint density at radius 1 is 1.47 bits per heavy atom. The van der Waals surface area contributed by atoms with Crippen molar-refractivity contribution in [3.63, 3.8) is 0 Å². The third kappa shape index (κ3) is 5.78. The van der Waals surface area contributed by atoms with Crippen molar-refractivity contribution < 1.29 is 23.1 Å². The highest BCUT2D eigenvalue weighted by molar-refractivity contribution is 5.78. The van der Waals surface area contributed by atoms with Gasteiger partial charge in [-0.3, -0.25) is 4.79 Å². The molecule has 0 spiro atoms. The zero-order valence-electron chi connectivity index (χ0n) is 11.0. The van der Waals surface area contributed by atoms with E-state index in [1.807, 2.05) is 12.2 Å². The van der Waals surface area contributed by atoms with E-state index in [9.17, 15) is 23.1 Å². The van der Waals surface area contributed by atoms with Crippen LogP contribution in [0.5, 0.6) is 0 Å². The van der Waals surface area contributed by atoms with Crippen molar-refractivity contribution >= 4 is 5.91 Å². The Labute approximate surface area is 110 Å². The molecule has 1 aliphatic rings. The standard InChI is InChI=1S/C12H21F3N2O2/c1-9-3-2-4-11(5-9,8-18)17-10(19)6-16-7-12(13,14)15/h9,16,18H,2-8H2,1H3,(H,17,19). The molecule has 1 rings (SSSR count). The van der Waals surface area contributed by atoms with E-state index >= 15 is 0 Å².